The lowest BCUT2D eigenvalue weighted by atomic mass is 9.83. The summed E-state index contributed by atoms with van der Waals surface area (Å²) in [6.45, 7) is 0. The number of sulfone groups is 1. The van der Waals surface area contributed by atoms with Crippen LogP contribution in [-0.2, 0) is 9.84 Å². The monoisotopic (exact) mass is 477 g/mol. The lowest BCUT2D eigenvalue weighted by Crippen LogP contribution is -2.10. The van der Waals surface area contributed by atoms with E-state index in [1.807, 2.05) is 0 Å². The van der Waals surface area contributed by atoms with E-state index in [4.69, 9.17) is 0 Å². The molecule has 0 unspecified atom stereocenters. The van der Waals surface area contributed by atoms with Crippen LogP contribution in [0.2, 0.25) is 0 Å². The number of carbonyl (C=O) groups is 1. The molecule has 0 amide bonds. The summed E-state index contributed by atoms with van der Waals surface area (Å²) in [5.41, 5.74) is 1.53. The van der Waals surface area contributed by atoms with Crippen LogP contribution in [0.3, 0.4) is 0 Å². The minimum atomic E-state index is -3.74. The van der Waals surface area contributed by atoms with Crippen LogP contribution in [0, 0.1) is 0 Å². The summed E-state index contributed by atoms with van der Waals surface area (Å²) in [5.74, 6) is -1.08. The van der Waals surface area contributed by atoms with Gasteiger partial charge < -0.3 is 10.2 Å². The zero-order valence-electron chi connectivity index (χ0n) is 18.3. The quantitative estimate of drug-likeness (QED) is 0.427. The van der Waals surface area contributed by atoms with Crippen LogP contribution >= 0.6 is 0 Å². The topological polar surface area (TPSA) is 122 Å². The SMILES string of the molecule is O=C(O)c1cc(C2CCCCC2)c(O)c(-n2nc3ccc(S(=O)(=O)c4ccccc4)cc3n2)c1. The molecule has 9 heteroatoms. The van der Waals surface area contributed by atoms with Crippen LogP contribution < -0.4 is 0 Å². The van der Waals surface area contributed by atoms with Gasteiger partial charge in [-0.3, -0.25) is 0 Å². The fraction of sp³-hybridized carbons (Fsp3) is 0.240. The first-order chi connectivity index (χ1) is 16.3. The Hall–Kier alpha value is -3.72. The van der Waals surface area contributed by atoms with E-state index in [1.165, 1.54) is 41.2 Å². The second-order valence-electron chi connectivity index (χ2n) is 8.53. The molecule has 1 saturated carbocycles. The number of fused-ring (bicyclic) bond motifs is 1. The summed E-state index contributed by atoms with van der Waals surface area (Å²) in [4.78, 5) is 13.2. The Morgan fingerprint density at radius 2 is 1.59 bits per heavy atom. The van der Waals surface area contributed by atoms with Crippen LogP contribution in [0.5, 0.6) is 5.75 Å². The summed E-state index contributed by atoms with van der Waals surface area (Å²) in [7, 11) is -3.74. The molecule has 1 aliphatic rings. The van der Waals surface area contributed by atoms with Gasteiger partial charge in [-0.05, 0) is 61.2 Å². The lowest BCUT2D eigenvalue weighted by Gasteiger charge is -2.24. The maximum atomic E-state index is 13.0. The average molecular weight is 478 g/mol. The molecule has 2 N–H and O–H groups in total. The molecule has 1 aliphatic carbocycles. The maximum Gasteiger partial charge on any atom is 0.335 e. The third-order valence-electron chi connectivity index (χ3n) is 6.34. The number of aromatic carboxylic acids is 1. The Morgan fingerprint density at radius 1 is 0.882 bits per heavy atom. The standard InChI is InChI=1S/C25H23N3O5S/c29-24-20(16-7-3-1-4-8-16)13-17(25(30)31)14-23(24)28-26-21-12-11-19(15-22(21)27-28)34(32,33)18-9-5-2-6-10-18/h2,5-6,9-16,29H,1,3-4,7-8H2,(H,30,31). The number of carboxylic acids is 1. The number of nitrogens with zero attached hydrogens (tertiary/aromatic N) is 3. The molecule has 4 aromatic rings. The average Bonchev–Trinajstić information content (AvgIpc) is 3.28. The van der Waals surface area contributed by atoms with Gasteiger partial charge >= 0.3 is 5.97 Å². The van der Waals surface area contributed by atoms with Crippen LogP contribution in [0.15, 0.2) is 70.5 Å². The number of aromatic hydroxyl groups is 1. The van der Waals surface area contributed by atoms with Crippen molar-refractivity contribution in [3.8, 4) is 11.4 Å². The van der Waals surface area contributed by atoms with Gasteiger partial charge in [0, 0.05) is 5.56 Å². The third-order valence-corrected chi connectivity index (χ3v) is 8.11. The molecular weight excluding hydrogens is 454 g/mol. The van der Waals surface area contributed by atoms with Crippen molar-refractivity contribution in [1.82, 2.24) is 15.0 Å². The Labute approximate surface area is 196 Å². The highest BCUT2D eigenvalue weighted by Crippen LogP contribution is 2.40. The van der Waals surface area contributed by atoms with Crippen molar-refractivity contribution >= 4 is 26.8 Å². The van der Waals surface area contributed by atoms with Gasteiger partial charge in [-0.1, -0.05) is 37.5 Å². The molecule has 1 heterocycles. The summed E-state index contributed by atoms with van der Waals surface area (Å²) in [6.07, 6.45) is 4.94. The van der Waals surface area contributed by atoms with Crippen molar-refractivity contribution in [3.63, 3.8) is 0 Å². The number of rotatable bonds is 5. The van der Waals surface area contributed by atoms with E-state index in [1.54, 1.807) is 24.3 Å². The van der Waals surface area contributed by atoms with Gasteiger partial charge in [0.2, 0.25) is 9.84 Å². The van der Waals surface area contributed by atoms with E-state index in [0.29, 0.717) is 16.6 Å². The van der Waals surface area contributed by atoms with E-state index in [2.05, 4.69) is 10.2 Å². The largest absolute Gasteiger partial charge is 0.505 e. The predicted octanol–water partition coefficient (Wildman–Crippen LogP) is 4.70. The van der Waals surface area contributed by atoms with Gasteiger partial charge in [0.15, 0.2) is 0 Å². The van der Waals surface area contributed by atoms with E-state index in [-0.39, 0.29) is 32.7 Å². The second kappa shape index (κ2) is 8.57. The smallest absolute Gasteiger partial charge is 0.335 e. The fourth-order valence-electron chi connectivity index (χ4n) is 4.55. The number of carboxylic acid groups (broad SMARTS) is 1. The third kappa shape index (κ3) is 3.92. The molecule has 0 aliphatic heterocycles. The molecule has 0 radical (unpaired) electrons. The molecule has 5 rings (SSSR count). The Bertz CT molecular complexity index is 1490. The molecular formula is C25H23N3O5S. The van der Waals surface area contributed by atoms with Crippen LogP contribution in [-0.4, -0.2) is 39.6 Å². The molecule has 0 spiro atoms. The molecule has 34 heavy (non-hydrogen) atoms. The zero-order valence-corrected chi connectivity index (χ0v) is 19.1. The Balaban J connectivity index is 1.61. The molecule has 174 valence electrons. The van der Waals surface area contributed by atoms with Crippen molar-refractivity contribution < 1.29 is 23.4 Å². The summed E-state index contributed by atoms with van der Waals surface area (Å²) in [5, 5.41) is 29.5. The second-order valence-corrected chi connectivity index (χ2v) is 10.5. The number of aromatic nitrogens is 3. The molecule has 8 nitrogen and oxygen atoms in total. The summed E-state index contributed by atoms with van der Waals surface area (Å²) in [6, 6.07) is 15.4. The molecule has 1 aromatic heterocycles. The van der Waals surface area contributed by atoms with Crippen molar-refractivity contribution in [2.24, 2.45) is 0 Å². The minimum absolute atomic E-state index is 0.0436. The van der Waals surface area contributed by atoms with Crippen molar-refractivity contribution in [2.45, 2.75) is 47.8 Å². The van der Waals surface area contributed by atoms with Gasteiger partial charge in [0.05, 0.1) is 15.4 Å². The van der Waals surface area contributed by atoms with Gasteiger partial charge in [0.1, 0.15) is 22.5 Å². The normalized spacial score (nSPS) is 14.9. The van der Waals surface area contributed by atoms with Crippen LogP contribution in [0.1, 0.15) is 53.9 Å². The lowest BCUT2D eigenvalue weighted by molar-refractivity contribution is 0.0696. The Morgan fingerprint density at radius 3 is 2.29 bits per heavy atom. The number of hydrogen-bond donors (Lipinski definition) is 2. The van der Waals surface area contributed by atoms with E-state index in [9.17, 15) is 23.4 Å². The van der Waals surface area contributed by atoms with E-state index < -0.39 is 15.8 Å². The summed E-state index contributed by atoms with van der Waals surface area (Å²) < 4.78 is 26.0. The molecule has 3 aromatic carbocycles. The van der Waals surface area contributed by atoms with Crippen LogP contribution in [0.25, 0.3) is 16.7 Å². The van der Waals surface area contributed by atoms with Gasteiger partial charge in [-0.25, -0.2) is 13.2 Å². The van der Waals surface area contributed by atoms with E-state index in [0.717, 1.165) is 32.1 Å². The van der Waals surface area contributed by atoms with Gasteiger partial charge in [-0.2, -0.15) is 0 Å². The first-order valence-electron chi connectivity index (χ1n) is 11.1. The minimum Gasteiger partial charge on any atom is -0.505 e. The first-order valence-corrected chi connectivity index (χ1v) is 12.6. The highest BCUT2D eigenvalue weighted by Gasteiger charge is 2.25. The zero-order chi connectivity index (χ0) is 23.9. The molecule has 0 bridgehead atoms. The molecule has 0 atom stereocenters. The fourth-order valence-corrected chi connectivity index (χ4v) is 5.85. The first kappa shape index (κ1) is 22.1. The van der Waals surface area contributed by atoms with Crippen molar-refractivity contribution in [1.29, 1.82) is 0 Å². The van der Waals surface area contributed by atoms with Crippen molar-refractivity contribution in [2.75, 3.05) is 0 Å². The molecule has 1 fully saturated rings. The molecule has 0 saturated heterocycles. The number of hydrogen-bond acceptors (Lipinski definition) is 6. The Kier molecular flexibility index (Phi) is 5.57. The predicted molar refractivity (Wildman–Crippen MR) is 125 cm³/mol. The highest BCUT2D eigenvalue weighted by atomic mass is 32.2. The van der Waals surface area contributed by atoms with Crippen LogP contribution in [0.4, 0.5) is 0 Å². The highest BCUT2D eigenvalue weighted by molar-refractivity contribution is 7.91. The maximum absolute atomic E-state index is 13.0. The number of phenolic OH excluding ortho intramolecular Hbond substituents is 1. The van der Waals surface area contributed by atoms with E-state index >= 15 is 0 Å². The number of benzene rings is 3. The van der Waals surface area contributed by atoms with Gasteiger partial charge in [0.25, 0.3) is 0 Å². The summed E-state index contributed by atoms with van der Waals surface area (Å²) >= 11 is 0. The van der Waals surface area contributed by atoms with Crippen molar-refractivity contribution in [3.05, 3.63) is 71.8 Å². The number of phenols is 1. The van der Waals surface area contributed by atoms with Gasteiger partial charge in [-0.15, -0.1) is 15.0 Å².